The first-order valence-electron chi connectivity index (χ1n) is 5.54. The highest BCUT2D eigenvalue weighted by Crippen LogP contribution is 2.21. The van der Waals surface area contributed by atoms with E-state index in [1.807, 2.05) is 13.8 Å². The predicted octanol–water partition coefficient (Wildman–Crippen LogP) is 2.06. The van der Waals surface area contributed by atoms with E-state index in [-0.39, 0.29) is 5.82 Å². The number of benzene rings is 1. The molecule has 2 aromatic rings. The summed E-state index contributed by atoms with van der Waals surface area (Å²) < 4.78 is 15.2. The lowest BCUT2D eigenvalue weighted by atomic mass is 10.3. The van der Waals surface area contributed by atoms with Crippen LogP contribution in [-0.2, 0) is 6.54 Å². The van der Waals surface area contributed by atoms with Gasteiger partial charge in [0.2, 0.25) is 0 Å². The maximum atomic E-state index is 13.0. The van der Waals surface area contributed by atoms with Crippen molar-refractivity contribution in [3.05, 3.63) is 34.3 Å². The van der Waals surface area contributed by atoms with Crippen LogP contribution in [0.4, 0.5) is 4.39 Å². The van der Waals surface area contributed by atoms with Crippen molar-refractivity contribution in [2.75, 3.05) is 0 Å². The molecule has 5 nitrogen and oxygen atoms in total. The number of aromatic nitrogens is 4. The largest absolute Gasteiger partial charge is 0.308 e. The van der Waals surface area contributed by atoms with Crippen LogP contribution in [0.3, 0.4) is 0 Å². The summed E-state index contributed by atoms with van der Waals surface area (Å²) in [6.07, 6.45) is 0. The van der Waals surface area contributed by atoms with E-state index in [9.17, 15) is 4.39 Å². The molecule has 0 radical (unpaired) electrons. The van der Waals surface area contributed by atoms with Crippen molar-refractivity contribution < 1.29 is 4.39 Å². The summed E-state index contributed by atoms with van der Waals surface area (Å²) in [6.45, 7) is 4.64. The molecule has 0 fully saturated rings. The zero-order chi connectivity index (χ0) is 13.1. The Morgan fingerprint density at radius 1 is 1.44 bits per heavy atom. The molecular weight excluding hydrogens is 301 g/mol. The molecule has 0 aliphatic heterocycles. The van der Waals surface area contributed by atoms with E-state index in [0.717, 1.165) is 0 Å². The van der Waals surface area contributed by atoms with Gasteiger partial charge in [0, 0.05) is 10.5 Å². The van der Waals surface area contributed by atoms with Crippen molar-refractivity contribution in [3.8, 4) is 5.69 Å². The lowest BCUT2D eigenvalue weighted by molar-refractivity contribution is 0.562. The third-order valence-electron chi connectivity index (χ3n) is 2.34. The van der Waals surface area contributed by atoms with Crippen molar-refractivity contribution in [2.24, 2.45) is 0 Å². The third-order valence-corrected chi connectivity index (χ3v) is 2.98. The van der Waals surface area contributed by atoms with Crippen LogP contribution in [0.15, 0.2) is 22.7 Å². The zero-order valence-electron chi connectivity index (χ0n) is 10.1. The van der Waals surface area contributed by atoms with Crippen molar-refractivity contribution >= 4 is 15.9 Å². The zero-order valence-corrected chi connectivity index (χ0v) is 11.6. The molecule has 0 amide bonds. The fraction of sp³-hybridized carbons (Fsp3) is 0.364. The van der Waals surface area contributed by atoms with Crippen LogP contribution in [0, 0.1) is 5.82 Å². The average Bonchev–Trinajstić information content (AvgIpc) is 2.74. The molecule has 0 bridgehead atoms. The van der Waals surface area contributed by atoms with Gasteiger partial charge in [0.05, 0.1) is 12.2 Å². The van der Waals surface area contributed by atoms with Gasteiger partial charge in [0.25, 0.3) is 0 Å². The highest BCUT2D eigenvalue weighted by Gasteiger charge is 2.11. The first-order valence-corrected chi connectivity index (χ1v) is 6.33. The molecule has 0 aliphatic carbocycles. The highest BCUT2D eigenvalue weighted by atomic mass is 79.9. The molecule has 0 spiro atoms. The lowest BCUT2D eigenvalue weighted by Gasteiger charge is -2.09. The number of tetrazole rings is 1. The van der Waals surface area contributed by atoms with Gasteiger partial charge < -0.3 is 5.32 Å². The Bertz CT molecular complexity index is 540. The van der Waals surface area contributed by atoms with Crippen LogP contribution in [0.5, 0.6) is 0 Å². The standard InChI is InChI=1S/C11H13BrFN5/c1-7(2)14-6-11-15-16-17-18(11)10-4-3-8(13)5-9(10)12/h3-5,7,14H,6H2,1-2H3. The number of rotatable bonds is 4. The number of nitrogens with zero attached hydrogens (tertiary/aromatic N) is 4. The lowest BCUT2D eigenvalue weighted by Crippen LogP contribution is -2.24. The minimum atomic E-state index is -0.305. The predicted molar refractivity (Wildman–Crippen MR) is 68.8 cm³/mol. The summed E-state index contributed by atoms with van der Waals surface area (Å²) in [5.41, 5.74) is 0.710. The molecule has 96 valence electrons. The summed E-state index contributed by atoms with van der Waals surface area (Å²) >= 11 is 3.31. The van der Waals surface area contributed by atoms with E-state index in [2.05, 4.69) is 36.8 Å². The minimum Gasteiger partial charge on any atom is -0.308 e. The monoisotopic (exact) mass is 313 g/mol. The Morgan fingerprint density at radius 2 is 2.22 bits per heavy atom. The second-order valence-corrected chi connectivity index (χ2v) is 4.99. The molecule has 1 N–H and O–H groups in total. The van der Waals surface area contributed by atoms with Gasteiger partial charge >= 0.3 is 0 Å². The van der Waals surface area contributed by atoms with Crippen molar-refractivity contribution in [2.45, 2.75) is 26.4 Å². The molecule has 1 aromatic heterocycles. The first kappa shape index (κ1) is 13.1. The first-order chi connectivity index (χ1) is 8.58. The summed E-state index contributed by atoms with van der Waals surface area (Å²) in [6, 6.07) is 4.74. The van der Waals surface area contributed by atoms with Gasteiger partial charge in [0.1, 0.15) is 5.82 Å². The molecule has 2 rings (SSSR count). The SMILES string of the molecule is CC(C)NCc1nnnn1-c1ccc(F)cc1Br. The van der Waals surface area contributed by atoms with Crippen LogP contribution in [-0.4, -0.2) is 26.2 Å². The van der Waals surface area contributed by atoms with Gasteiger partial charge in [-0.05, 0) is 44.6 Å². The summed E-state index contributed by atoms with van der Waals surface area (Å²) in [4.78, 5) is 0. The summed E-state index contributed by atoms with van der Waals surface area (Å²) in [5, 5.41) is 14.8. The Balaban J connectivity index is 2.30. The van der Waals surface area contributed by atoms with Crippen molar-refractivity contribution in [3.63, 3.8) is 0 Å². The van der Waals surface area contributed by atoms with Crippen molar-refractivity contribution in [1.82, 2.24) is 25.5 Å². The molecule has 18 heavy (non-hydrogen) atoms. The fourth-order valence-electron chi connectivity index (χ4n) is 1.45. The van der Waals surface area contributed by atoms with E-state index in [1.165, 1.54) is 12.1 Å². The summed E-state index contributed by atoms with van der Waals surface area (Å²) in [5.74, 6) is 0.372. The van der Waals surface area contributed by atoms with E-state index >= 15 is 0 Å². The number of nitrogens with one attached hydrogen (secondary N) is 1. The van der Waals surface area contributed by atoms with Crippen LogP contribution < -0.4 is 5.32 Å². The normalized spacial score (nSPS) is 11.2. The second kappa shape index (κ2) is 5.53. The quantitative estimate of drug-likeness (QED) is 0.938. The maximum absolute atomic E-state index is 13.0. The molecule has 0 saturated heterocycles. The molecule has 1 heterocycles. The Hall–Kier alpha value is -1.34. The Labute approximate surface area is 113 Å². The second-order valence-electron chi connectivity index (χ2n) is 4.14. The van der Waals surface area contributed by atoms with Gasteiger partial charge in [-0.1, -0.05) is 13.8 Å². The Morgan fingerprint density at radius 3 is 2.89 bits per heavy atom. The van der Waals surface area contributed by atoms with E-state index in [1.54, 1.807) is 10.7 Å². The maximum Gasteiger partial charge on any atom is 0.170 e. The van der Waals surface area contributed by atoms with Gasteiger partial charge in [-0.15, -0.1) is 5.10 Å². The van der Waals surface area contributed by atoms with Gasteiger partial charge in [-0.2, -0.15) is 4.68 Å². The molecule has 0 aliphatic rings. The summed E-state index contributed by atoms with van der Waals surface area (Å²) in [7, 11) is 0. The van der Waals surface area contributed by atoms with E-state index in [0.29, 0.717) is 28.6 Å². The smallest absolute Gasteiger partial charge is 0.170 e. The molecule has 0 atom stereocenters. The number of hydrogen-bond donors (Lipinski definition) is 1. The van der Waals surface area contributed by atoms with Crippen LogP contribution >= 0.6 is 15.9 Å². The van der Waals surface area contributed by atoms with Gasteiger partial charge in [0.15, 0.2) is 5.82 Å². The average molecular weight is 314 g/mol. The van der Waals surface area contributed by atoms with Gasteiger partial charge in [-0.25, -0.2) is 4.39 Å². The minimum absolute atomic E-state index is 0.305. The van der Waals surface area contributed by atoms with E-state index in [4.69, 9.17) is 0 Å². The van der Waals surface area contributed by atoms with Crippen LogP contribution in [0.1, 0.15) is 19.7 Å². The fourth-order valence-corrected chi connectivity index (χ4v) is 1.97. The topological polar surface area (TPSA) is 55.6 Å². The number of halogens is 2. The Kier molecular flexibility index (Phi) is 4.03. The highest BCUT2D eigenvalue weighted by molar-refractivity contribution is 9.10. The van der Waals surface area contributed by atoms with Crippen LogP contribution in [0.25, 0.3) is 5.69 Å². The number of hydrogen-bond acceptors (Lipinski definition) is 4. The third kappa shape index (κ3) is 2.91. The van der Waals surface area contributed by atoms with Crippen LogP contribution in [0.2, 0.25) is 0 Å². The molecular formula is C11H13BrFN5. The van der Waals surface area contributed by atoms with Gasteiger partial charge in [-0.3, -0.25) is 0 Å². The van der Waals surface area contributed by atoms with E-state index < -0.39 is 0 Å². The molecule has 1 aromatic carbocycles. The molecule has 0 saturated carbocycles. The molecule has 7 heteroatoms. The van der Waals surface area contributed by atoms with Crippen molar-refractivity contribution in [1.29, 1.82) is 0 Å². The molecule has 0 unspecified atom stereocenters.